The number of carbonyl (C=O) groups is 3. The molecule has 3 rings (SSSR count). The number of halogens is 1. The summed E-state index contributed by atoms with van der Waals surface area (Å²) in [6, 6.07) is 5.03. The van der Waals surface area contributed by atoms with E-state index in [0.717, 1.165) is 35.8 Å². The molecule has 0 unspecified atom stereocenters. The first-order valence-corrected chi connectivity index (χ1v) is 10.2. The SMILES string of the molecule is CCOC(=O)c1c(NC(=O)COC(=O)c2cccc(F)c2)sc2c1CC[C@H](C)C2. The van der Waals surface area contributed by atoms with Crippen molar-refractivity contribution < 1.29 is 28.2 Å². The van der Waals surface area contributed by atoms with Crippen molar-refractivity contribution in [3.63, 3.8) is 0 Å². The second kappa shape index (κ2) is 9.17. The third-order valence-electron chi connectivity index (χ3n) is 4.64. The molecule has 29 heavy (non-hydrogen) atoms. The van der Waals surface area contributed by atoms with E-state index in [-0.39, 0.29) is 12.2 Å². The Bertz CT molecular complexity index is 939. The Labute approximate surface area is 172 Å². The van der Waals surface area contributed by atoms with Crippen molar-refractivity contribution in [1.29, 1.82) is 0 Å². The van der Waals surface area contributed by atoms with Gasteiger partial charge in [0.15, 0.2) is 6.61 Å². The number of carbonyl (C=O) groups excluding carboxylic acids is 3. The van der Waals surface area contributed by atoms with Crippen LogP contribution in [0.5, 0.6) is 0 Å². The molecule has 1 heterocycles. The molecule has 1 aromatic heterocycles. The maximum Gasteiger partial charge on any atom is 0.341 e. The minimum Gasteiger partial charge on any atom is -0.462 e. The van der Waals surface area contributed by atoms with Gasteiger partial charge in [-0.15, -0.1) is 11.3 Å². The van der Waals surface area contributed by atoms with Gasteiger partial charge in [0.25, 0.3) is 5.91 Å². The van der Waals surface area contributed by atoms with Crippen LogP contribution in [0.15, 0.2) is 24.3 Å². The van der Waals surface area contributed by atoms with Crippen LogP contribution in [0, 0.1) is 11.7 Å². The largest absolute Gasteiger partial charge is 0.462 e. The molecule has 1 aromatic carbocycles. The van der Waals surface area contributed by atoms with Gasteiger partial charge < -0.3 is 14.8 Å². The highest BCUT2D eigenvalue weighted by atomic mass is 32.1. The lowest BCUT2D eigenvalue weighted by molar-refractivity contribution is -0.119. The summed E-state index contributed by atoms with van der Waals surface area (Å²) in [5.74, 6) is -1.91. The molecule has 1 atom stereocenters. The lowest BCUT2D eigenvalue weighted by atomic mass is 9.88. The monoisotopic (exact) mass is 419 g/mol. The van der Waals surface area contributed by atoms with Gasteiger partial charge in [-0.1, -0.05) is 13.0 Å². The van der Waals surface area contributed by atoms with Gasteiger partial charge >= 0.3 is 11.9 Å². The molecule has 154 valence electrons. The minimum atomic E-state index is -0.801. The summed E-state index contributed by atoms with van der Waals surface area (Å²) >= 11 is 1.36. The van der Waals surface area contributed by atoms with Crippen LogP contribution in [0.25, 0.3) is 0 Å². The Balaban J connectivity index is 1.71. The first-order valence-electron chi connectivity index (χ1n) is 9.43. The quantitative estimate of drug-likeness (QED) is 0.716. The number of rotatable bonds is 6. The third-order valence-corrected chi connectivity index (χ3v) is 5.81. The Morgan fingerprint density at radius 1 is 1.24 bits per heavy atom. The summed E-state index contributed by atoms with van der Waals surface area (Å²) < 4.78 is 23.3. The molecule has 8 heteroatoms. The first kappa shape index (κ1) is 21.0. The summed E-state index contributed by atoms with van der Waals surface area (Å²) in [6.07, 6.45) is 2.57. The molecular weight excluding hydrogens is 397 g/mol. The number of ether oxygens (including phenoxy) is 2. The molecule has 0 bridgehead atoms. The maximum absolute atomic E-state index is 13.2. The predicted octanol–water partition coefficient (Wildman–Crippen LogP) is 3.98. The molecule has 0 radical (unpaired) electrons. The predicted molar refractivity (Wildman–Crippen MR) is 107 cm³/mol. The van der Waals surface area contributed by atoms with Gasteiger partial charge in [-0.25, -0.2) is 14.0 Å². The zero-order valence-electron chi connectivity index (χ0n) is 16.2. The van der Waals surface area contributed by atoms with E-state index in [1.54, 1.807) is 6.92 Å². The Kier molecular flexibility index (Phi) is 6.64. The van der Waals surface area contributed by atoms with E-state index in [9.17, 15) is 18.8 Å². The highest BCUT2D eigenvalue weighted by Crippen LogP contribution is 2.40. The molecule has 0 fully saturated rings. The lowest BCUT2D eigenvalue weighted by Crippen LogP contribution is -2.22. The fourth-order valence-corrected chi connectivity index (χ4v) is 4.67. The number of benzene rings is 1. The average molecular weight is 419 g/mol. The van der Waals surface area contributed by atoms with E-state index in [2.05, 4.69) is 12.2 Å². The Hall–Kier alpha value is -2.74. The molecule has 0 saturated heterocycles. The van der Waals surface area contributed by atoms with Gasteiger partial charge in [0.1, 0.15) is 10.8 Å². The molecule has 6 nitrogen and oxygen atoms in total. The fraction of sp³-hybridized carbons (Fsp3) is 0.381. The standard InChI is InChI=1S/C21H22FNO5S/c1-3-27-21(26)18-15-8-7-12(2)9-16(15)29-19(18)23-17(24)11-28-20(25)13-5-4-6-14(22)10-13/h4-6,10,12H,3,7-9,11H2,1-2H3,(H,23,24)/t12-/m0/s1. The molecule has 1 aliphatic rings. The van der Waals surface area contributed by atoms with E-state index >= 15 is 0 Å². The van der Waals surface area contributed by atoms with Crippen molar-refractivity contribution in [2.24, 2.45) is 5.92 Å². The van der Waals surface area contributed by atoms with Crippen molar-refractivity contribution in [2.75, 3.05) is 18.5 Å². The van der Waals surface area contributed by atoms with Crippen LogP contribution in [0.3, 0.4) is 0 Å². The number of hydrogen-bond acceptors (Lipinski definition) is 6. The van der Waals surface area contributed by atoms with Gasteiger partial charge in [-0.2, -0.15) is 0 Å². The smallest absolute Gasteiger partial charge is 0.341 e. The second-order valence-electron chi connectivity index (χ2n) is 6.91. The summed E-state index contributed by atoms with van der Waals surface area (Å²) in [4.78, 5) is 37.8. The summed E-state index contributed by atoms with van der Waals surface area (Å²) in [5.41, 5.74) is 1.34. The van der Waals surface area contributed by atoms with Crippen molar-refractivity contribution in [3.8, 4) is 0 Å². The normalized spacial score (nSPS) is 15.3. The number of anilines is 1. The molecule has 1 aliphatic carbocycles. The van der Waals surface area contributed by atoms with Crippen LogP contribution in [-0.4, -0.2) is 31.1 Å². The van der Waals surface area contributed by atoms with E-state index in [1.807, 2.05) is 0 Å². The maximum atomic E-state index is 13.2. The third kappa shape index (κ3) is 5.00. The number of fused-ring (bicyclic) bond motifs is 1. The highest BCUT2D eigenvalue weighted by Gasteiger charge is 2.29. The van der Waals surface area contributed by atoms with Crippen LogP contribution >= 0.6 is 11.3 Å². The van der Waals surface area contributed by atoms with Crippen LogP contribution < -0.4 is 5.32 Å². The lowest BCUT2D eigenvalue weighted by Gasteiger charge is -2.18. The van der Waals surface area contributed by atoms with Crippen LogP contribution in [0.1, 0.15) is 51.4 Å². The van der Waals surface area contributed by atoms with Gasteiger partial charge in [0.2, 0.25) is 0 Å². The molecule has 2 aromatic rings. The van der Waals surface area contributed by atoms with Crippen molar-refractivity contribution in [3.05, 3.63) is 51.7 Å². The van der Waals surface area contributed by atoms with Crippen molar-refractivity contribution in [1.82, 2.24) is 0 Å². The van der Waals surface area contributed by atoms with Gasteiger partial charge in [-0.05, 0) is 55.9 Å². The highest BCUT2D eigenvalue weighted by molar-refractivity contribution is 7.17. The van der Waals surface area contributed by atoms with Crippen LogP contribution in [0.4, 0.5) is 9.39 Å². The van der Waals surface area contributed by atoms with Crippen molar-refractivity contribution in [2.45, 2.75) is 33.1 Å². The molecule has 0 spiro atoms. The number of nitrogens with one attached hydrogen (secondary N) is 1. The molecule has 1 amide bonds. The zero-order chi connectivity index (χ0) is 21.0. The number of esters is 2. The van der Waals surface area contributed by atoms with E-state index in [1.165, 1.54) is 29.5 Å². The average Bonchev–Trinajstić information content (AvgIpc) is 3.03. The molecule has 0 saturated carbocycles. The van der Waals surface area contributed by atoms with E-state index in [0.29, 0.717) is 16.5 Å². The number of amides is 1. The summed E-state index contributed by atoms with van der Waals surface area (Å²) in [5, 5.41) is 3.08. The fourth-order valence-electron chi connectivity index (χ4n) is 3.25. The van der Waals surface area contributed by atoms with Gasteiger partial charge in [0.05, 0.1) is 17.7 Å². The van der Waals surface area contributed by atoms with Crippen LogP contribution in [0.2, 0.25) is 0 Å². The topological polar surface area (TPSA) is 81.7 Å². The Morgan fingerprint density at radius 3 is 2.76 bits per heavy atom. The summed E-state index contributed by atoms with van der Waals surface area (Å²) in [6.45, 7) is 3.56. The number of thiophene rings is 1. The molecule has 0 aliphatic heterocycles. The first-order chi connectivity index (χ1) is 13.9. The van der Waals surface area contributed by atoms with Gasteiger partial charge in [0, 0.05) is 4.88 Å². The van der Waals surface area contributed by atoms with Gasteiger partial charge in [-0.3, -0.25) is 4.79 Å². The van der Waals surface area contributed by atoms with E-state index in [4.69, 9.17) is 9.47 Å². The molecule has 1 N–H and O–H groups in total. The number of hydrogen-bond donors (Lipinski definition) is 1. The molecular formula is C21H22FNO5S. The van der Waals surface area contributed by atoms with E-state index < -0.39 is 30.3 Å². The van der Waals surface area contributed by atoms with Crippen molar-refractivity contribution >= 4 is 34.2 Å². The summed E-state index contributed by atoms with van der Waals surface area (Å²) in [7, 11) is 0. The minimum absolute atomic E-state index is 0.0191. The Morgan fingerprint density at radius 2 is 2.03 bits per heavy atom. The van der Waals surface area contributed by atoms with Crippen LogP contribution in [-0.2, 0) is 27.1 Å². The second-order valence-corrected chi connectivity index (χ2v) is 8.02. The zero-order valence-corrected chi connectivity index (χ0v) is 17.1.